The van der Waals surface area contributed by atoms with E-state index in [1.54, 1.807) is 44.2 Å². The highest BCUT2D eigenvalue weighted by atomic mass is 16.6. The minimum Gasteiger partial charge on any atom is -0.481 e. The van der Waals surface area contributed by atoms with Crippen molar-refractivity contribution in [2.24, 2.45) is 34.0 Å². The Morgan fingerprint density at radius 3 is 1.89 bits per heavy atom. The van der Waals surface area contributed by atoms with Gasteiger partial charge in [0.2, 0.25) is 70.9 Å². The highest BCUT2D eigenvalue weighted by Crippen LogP contribution is 2.18. The summed E-state index contributed by atoms with van der Waals surface area (Å²) in [5.41, 5.74) is 17.0. The molecule has 33 heteroatoms. The van der Waals surface area contributed by atoms with Gasteiger partial charge >= 0.3 is 5.97 Å². The van der Waals surface area contributed by atoms with Crippen molar-refractivity contribution in [2.45, 2.75) is 127 Å². The van der Waals surface area contributed by atoms with E-state index in [1.807, 2.05) is 0 Å². The Balaban J connectivity index is 2.12. The van der Waals surface area contributed by atoms with E-state index in [-0.39, 0.29) is 76.6 Å². The molecule has 21 N–H and O–H groups in total. The van der Waals surface area contributed by atoms with Crippen LogP contribution in [-0.4, -0.2) is 206 Å². The number of rotatable bonds is 39. The Bertz CT molecular complexity index is 2430. The van der Waals surface area contributed by atoms with E-state index < -0.39 is 165 Å². The molecule has 1 aliphatic rings. The summed E-state index contributed by atoms with van der Waals surface area (Å²) in [5.74, 6) is -5.81. The number of nitrogens with one attached hydrogen (secondary N) is 11. The SMILES string of the molecule is CC[C@H](C)[C@H](NC(=O)CNC(=O)CON)C(=O)NCC(=O)N1CCC[C@H]1C(=O)NCC(=O)N[C@@H](CCCN=C(N)N)C(=O)N[C@@H](C)C(=O)N[C@@H](Cc1ccccc1)C(=O)NCC(=O)N[C@@H](CCCCNC(=O)C(N)CO)C(=O)NCCC(=O)O. The first kappa shape index (κ1) is 71.5. The van der Waals surface area contributed by atoms with Gasteiger partial charge in [-0.2, -0.15) is 0 Å². The molecule has 1 unspecified atom stereocenters. The molecule has 468 valence electrons. The maximum atomic E-state index is 13.8. The van der Waals surface area contributed by atoms with E-state index in [0.717, 1.165) is 0 Å². The number of aliphatic carboxylic acids is 1. The smallest absolute Gasteiger partial charge is 0.305 e. The second-order valence-electron chi connectivity index (χ2n) is 19.6. The third-order valence-electron chi connectivity index (χ3n) is 12.9. The molecular formula is C51H83N17O16. The average Bonchev–Trinajstić information content (AvgIpc) is 4.14. The Labute approximate surface area is 485 Å². The summed E-state index contributed by atoms with van der Waals surface area (Å²) < 4.78 is 0. The number of aliphatic hydroxyl groups excluding tert-OH is 1. The van der Waals surface area contributed by atoms with Crippen LogP contribution < -0.4 is 81.6 Å². The molecule has 1 heterocycles. The summed E-state index contributed by atoms with van der Waals surface area (Å²) in [6.07, 6.45) is 1.32. The molecule has 1 aromatic carbocycles. The standard InChI is InChI=1S/C51H83N17O16/c1-4-29(2)43(67-39(72)23-59-40(73)28-84-55)50(83)62-26-41(74)68-21-11-16-36(68)49(82)61-25-38(71)65-34(15-10-19-58-51(53)54)48(81)63-30(3)44(77)66-35(22-31-12-6-5-7-13-31)47(80)60-24-37(70)64-33(46(79)57-20-17-42(75)76)14-8-9-18-56-45(78)32(52)27-69/h5-7,12-13,29-30,32-36,43,69H,4,8-11,14-28,52,55H2,1-3H3,(H,56,78)(H,57,79)(H,59,73)(H,60,80)(H,61,82)(H,62,83)(H,63,81)(H,64,70)(H,65,71)(H,66,77)(H,67,72)(H,75,76)(H4,53,54,58)/t29-,30-,32?,33-,34-,35-,36-,43-/m0/s1. The van der Waals surface area contributed by atoms with Crippen LogP contribution >= 0.6 is 0 Å². The van der Waals surface area contributed by atoms with Crippen molar-refractivity contribution in [2.75, 3.05) is 65.6 Å². The van der Waals surface area contributed by atoms with Crippen molar-refractivity contribution >= 4 is 82.8 Å². The van der Waals surface area contributed by atoms with Gasteiger partial charge in [-0.25, -0.2) is 5.90 Å². The van der Waals surface area contributed by atoms with Crippen molar-refractivity contribution in [3.05, 3.63) is 35.9 Å². The number of guanidine groups is 1. The van der Waals surface area contributed by atoms with Crippen LogP contribution in [0.15, 0.2) is 35.3 Å². The molecular weight excluding hydrogens is 1110 g/mol. The predicted molar refractivity (Wildman–Crippen MR) is 299 cm³/mol. The first-order chi connectivity index (χ1) is 39.9. The fourth-order valence-corrected chi connectivity index (χ4v) is 8.10. The lowest BCUT2D eigenvalue weighted by Gasteiger charge is -2.26. The van der Waals surface area contributed by atoms with E-state index >= 15 is 0 Å². The largest absolute Gasteiger partial charge is 0.481 e. The number of hydrogen-bond acceptors (Lipinski definition) is 18. The van der Waals surface area contributed by atoms with Crippen molar-refractivity contribution < 1.29 is 77.4 Å². The molecule has 12 amide bonds. The topological polar surface area (TPSA) is 524 Å². The number of carboxylic acid groups (broad SMARTS) is 1. The molecule has 0 aromatic heterocycles. The Hall–Kier alpha value is -8.56. The number of benzene rings is 1. The number of aliphatic hydroxyl groups is 1. The fourth-order valence-electron chi connectivity index (χ4n) is 8.10. The van der Waals surface area contributed by atoms with Gasteiger partial charge in [0.05, 0.1) is 39.2 Å². The van der Waals surface area contributed by atoms with Crippen molar-refractivity contribution in [1.29, 1.82) is 0 Å². The van der Waals surface area contributed by atoms with Gasteiger partial charge in [-0.3, -0.25) is 72.2 Å². The number of unbranched alkanes of at least 4 members (excludes halogenated alkanes) is 1. The third-order valence-corrected chi connectivity index (χ3v) is 12.9. The number of carbonyl (C=O) groups excluding carboxylic acids is 12. The fraction of sp³-hybridized carbons (Fsp3) is 0.608. The molecule has 1 aliphatic heterocycles. The van der Waals surface area contributed by atoms with Crippen LogP contribution in [0.3, 0.4) is 0 Å². The first-order valence-corrected chi connectivity index (χ1v) is 27.3. The second-order valence-corrected chi connectivity index (χ2v) is 19.6. The zero-order valence-electron chi connectivity index (χ0n) is 47.5. The molecule has 2 rings (SSSR count). The first-order valence-electron chi connectivity index (χ1n) is 27.3. The average molecular weight is 1190 g/mol. The van der Waals surface area contributed by atoms with Gasteiger partial charge in [-0.05, 0) is 63.4 Å². The number of carbonyl (C=O) groups is 13. The molecule has 0 radical (unpaired) electrons. The lowest BCUT2D eigenvalue weighted by atomic mass is 9.98. The molecule has 1 saturated heterocycles. The van der Waals surface area contributed by atoms with Crippen LogP contribution in [0, 0.1) is 5.92 Å². The number of carboxylic acids is 1. The van der Waals surface area contributed by atoms with Crippen LogP contribution in [0.25, 0.3) is 0 Å². The van der Waals surface area contributed by atoms with Gasteiger partial charge in [0.1, 0.15) is 48.9 Å². The molecule has 8 atom stereocenters. The lowest BCUT2D eigenvalue weighted by molar-refractivity contribution is -0.139. The van der Waals surface area contributed by atoms with Gasteiger partial charge in [0.15, 0.2) is 5.96 Å². The lowest BCUT2D eigenvalue weighted by Crippen LogP contribution is -2.57. The predicted octanol–water partition coefficient (Wildman–Crippen LogP) is -7.68. The molecule has 1 aromatic rings. The Morgan fingerprint density at radius 1 is 0.667 bits per heavy atom. The Kier molecular flexibility index (Phi) is 33.2. The van der Waals surface area contributed by atoms with Crippen LogP contribution in [0.4, 0.5) is 0 Å². The number of likely N-dealkylation sites (tertiary alicyclic amines) is 1. The number of amides is 12. The summed E-state index contributed by atoms with van der Waals surface area (Å²) in [7, 11) is 0. The van der Waals surface area contributed by atoms with Crippen molar-refractivity contribution in [3.8, 4) is 0 Å². The van der Waals surface area contributed by atoms with Gasteiger partial charge in [-0.1, -0.05) is 50.6 Å². The second kappa shape index (κ2) is 39.0. The van der Waals surface area contributed by atoms with Crippen LogP contribution in [0.1, 0.15) is 84.1 Å². The van der Waals surface area contributed by atoms with Gasteiger partial charge in [-0.15, -0.1) is 0 Å². The maximum absolute atomic E-state index is 13.8. The molecule has 0 spiro atoms. The highest BCUT2D eigenvalue weighted by molar-refractivity contribution is 5.97. The van der Waals surface area contributed by atoms with Crippen LogP contribution in [0.2, 0.25) is 0 Å². The maximum Gasteiger partial charge on any atom is 0.305 e. The van der Waals surface area contributed by atoms with E-state index in [0.29, 0.717) is 24.8 Å². The number of aliphatic imine (C=N–C) groups is 1. The van der Waals surface area contributed by atoms with Crippen molar-refractivity contribution in [1.82, 2.24) is 63.4 Å². The minimum absolute atomic E-state index is 0.0364. The molecule has 0 aliphatic carbocycles. The number of nitrogens with two attached hydrogens (primary N) is 4. The summed E-state index contributed by atoms with van der Waals surface area (Å²) in [6.45, 7) is 1.47. The zero-order chi connectivity index (χ0) is 62.7. The molecule has 0 bridgehead atoms. The van der Waals surface area contributed by atoms with Crippen LogP contribution in [-0.2, 0) is 73.6 Å². The van der Waals surface area contributed by atoms with E-state index in [1.165, 1.54) is 11.8 Å². The minimum atomic E-state index is -1.35. The number of hydrogen-bond donors (Lipinski definition) is 17. The normalized spacial score (nSPS) is 15.1. The van der Waals surface area contributed by atoms with Crippen molar-refractivity contribution in [3.63, 3.8) is 0 Å². The molecule has 33 nitrogen and oxygen atoms in total. The van der Waals surface area contributed by atoms with Gasteiger partial charge in [0, 0.05) is 32.6 Å². The molecule has 0 saturated carbocycles. The molecule has 84 heavy (non-hydrogen) atoms. The van der Waals surface area contributed by atoms with Gasteiger partial charge < -0.3 is 90.8 Å². The monoisotopic (exact) mass is 1190 g/mol. The zero-order valence-corrected chi connectivity index (χ0v) is 47.5. The summed E-state index contributed by atoms with van der Waals surface area (Å²) in [6, 6.07) is 0.0148. The number of nitrogens with zero attached hydrogens (tertiary/aromatic N) is 2. The van der Waals surface area contributed by atoms with Gasteiger partial charge in [0.25, 0.3) is 0 Å². The Morgan fingerprint density at radius 2 is 1.26 bits per heavy atom. The molecule has 1 fully saturated rings. The summed E-state index contributed by atoms with van der Waals surface area (Å²) in [4.78, 5) is 177. The van der Waals surface area contributed by atoms with E-state index in [9.17, 15) is 62.3 Å². The van der Waals surface area contributed by atoms with E-state index in [2.05, 4.69) is 68.3 Å². The van der Waals surface area contributed by atoms with Crippen LogP contribution in [0.5, 0.6) is 0 Å². The summed E-state index contributed by atoms with van der Waals surface area (Å²) in [5, 5.41) is 45.4. The third kappa shape index (κ3) is 27.9. The quantitative estimate of drug-likeness (QED) is 0.0126. The highest BCUT2D eigenvalue weighted by Gasteiger charge is 2.36. The summed E-state index contributed by atoms with van der Waals surface area (Å²) >= 11 is 0. The van der Waals surface area contributed by atoms with E-state index in [4.69, 9.17) is 33.3 Å².